The summed E-state index contributed by atoms with van der Waals surface area (Å²) in [5, 5.41) is 14.0. The van der Waals surface area contributed by atoms with E-state index >= 15 is 0 Å². The largest absolute Gasteiger partial charge is 0.468 e. The summed E-state index contributed by atoms with van der Waals surface area (Å²) >= 11 is 0. The fourth-order valence-corrected chi connectivity index (χ4v) is 7.72. The highest BCUT2D eigenvalue weighted by atomic mass is 16.5. The van der Waals surface area contributed by atoms with Gasteiger partial charge in [-0.2, -0.15) is 0 Å². The van der Waals surface area contributed by atoms with Gasteiger partial charge in [0.15, 0.2) is 5.78 Å². The molecule has 1 spiro atoms. The third-order valence-electron chi connectivity index (χ3n) is 9.09. The fourth-order valence-electron chi connectivity index (χ4n) is 7.72. The Balaban J connectivity index is 1.53. The highest BCUT2D eigenvalue weighted by Crippen LogP contribution is 2.65. The van der Waals surface area contributed by atoms with Gasteiger partial charge >= 0.3 is 5.97 Å². The van der Waals surface area contributed by atoms with E-state index in [4.69, 9.17) is 4.74 Å². The molecule has 3 aromatic rings. The lowest BCUT2D eigenvalue weighted by Crippen LogP contribution is -2.64. The Hall–Kier alpha value is -3.68. The quantitative estimate of drug-likeness (QED) is 0.443. The smallest absolute Gasteiger partial charge is 0.317 e. The summed E-state index contributed by atoms with van der Waals surface area (Å²) in [6, 6.07) is 16.7. The standard InChI is InChI=1S/C29H23NO6/c1-36-26(34)27(29(35)24(32)17-9-2-3-10-18(17)25(29)33)15-28(30-14-6-13-21(27)30)20-12-5-8-16-7-4-11-19(22(16)20)23(28)31/h2-5,7-12,21,35H,6,13-15H2,1H3. The molecule has 2 heterocycles. The van der Waals surface area contributed by atoms with Gasteiger partial charge in [0, 0.05) is 22.7 Å². The van der Waals surface area contributed by atoms with E-state index in [1.165, 1.54) is 19.2 Å². The van der Waals surface area contributed by atoms with E-state index in [1.807, 2.05) is 35.2 Å². The van der Waals surface area contributed by atoms with Crippen LogP contribution in [-0.2, 0) is 15.1 Å². The summed E-state index contributed by atoms with van der Waals surface area (Å²) in [4.78, 5) is 57.8. The second-order valence-corrected chi connectivity index (χ2v) is 10.3. The van der Waals surface area contributed by atoms with E-state index < -0.39 is 40.1 Å². The molecule has 3 atom stereocenters. The molecule has 0 aromatic heterocycles. The maximum atomic E-state index is 14.3. The number of ketones is 3. The van der Waals surface area contributed by atoms with Gasteiger partial charge < -0.3 is 9.84 Å². The number of hydrogen-bond donors (Lipinski definition) is 1. The zero-order valence-corrected chi connectivity index (χ0v) is 19.6. The van der Waals surface area contributed by atoms with Gasteiger partial charge in [0.05, 0.1) is 7.11 Å². The van der Waals surface area contributed by atoms with Crippen molar-refractivity contribution in [2.75, 3.05) is 13.7 Å². The minimum Gasteiger partial charge on any atom is -0.468 e. The molecule has 0 bridgehead atoms. The van der Waals surface area contributed by atoms with E-state index in [2.05, 4.69) is 0 Å². The van der Waals surface area contributed by atoms with Gasteiger partial charge in [0.2, 0.25) is 17.2 Å². The number of carbonyl (C=O) groups excluding carboxylic acids is 4. The van der Waals surface area contributed by atoms with Gasteiger partial charge in [-0.05, 0) is 42.1 Å². The van der Waals surface area contributed by atoms with Crippen LogP contribution in [0.15, 0.2) is 60.7 Å². The van der Waals surface area contributed by atoms with E-state index in [0.717, 1.165) is 16.3 Å². The van der Waals surface area contributed by atoms with Gasteiger partial charge in [-0.15, -0.1) is 0 Å². The number of esters is 1. The molecule has 4 aliphatic rings. The van der Waals surface area contributed by atoms with Crippen LogP contribution in [0.3, 0.4) is 0 Å². The number of rotatable bonds is 2. The average Bonchev–Trinajstić information content (AvgIpc) is 3.61. The molecular weight excluding hydrogens is 458 g/mol. The van der Waals surface area contributed by atoms with Crippen molar-refractivity contribution in [2.45, 2.75) is 36.4 Å². The molecule has 3 aromatic carbocycles. The number of hydrogen-bond acceptors (Lipinski definition) is 7. The molecule has 7 nitrogen and oxygen atoms in total. The number of nitrogens with zero attached hydrogens (tertiary/aromatic N) is 1. The topological polar surface area (TPSA) is 101 Å². The highest BCUT2D eigenvalue weighted by molar-refractivity contribution is 6.34. The summed E-state index contributed by atoms with van der Waals surface area (Å²) < 4.78 is 5.27. The number of aliphatic hydroxyl groups is 1. The molecule has 3 unspecified atom stereocenters. The Labute approximate surface area is 206 Å². The molecule has 2 aliphatic carbocycles. The van der Waals surface area contributed by atoms with Crippen molar-refractivity contribution >= 4 is 34.1 Å². The molecule has 36 heavy (non-hydrogen) atoms. The Bertz CT molecular complexity index is 1520. The molecule has 0 radical (unpaired) electrons. The molecule has 2 saturated heterocycles. The number of methoxy groups -OCH3 is 1. The molecule has 0 amide bonds. The van der Waals surface area contributed by atoms with Crippen LogP contribution in [0.4, 0.5) is 0 Å². The first kappa shape index (κ1) is 21.6. The van der Waals surface area contributed by atoms with E-state index in [9.17, 15) is 24.3 Å². The molecule has 2 fully saturated rings. The summed E-state index contributed by atoms with van der Waals surface area (Å²) in [5.74, 6) is -2.63. The average molecular weight is 482 g/mol. The van der Waals surface area contributed by atoms with Crippen LogP contribution in [0.25, 0.3) is 10.8 Å². The van der Waals surface area contributed by atoms with E-state index in [1.54, 1.807) is 18.2 Å². The Kier molecular flexibility index (Phi) is 4.05. The van der Waals surface area contributed by atoms with Crippen LogP contribution in [-0.4, -0.2) is 58.6 Å². The zero-order valence-electron chi connectivity index (χ0n) is 19.6. The summed E-state index contributed by atoms with van der Waals surface area (Å²) in [6.07, 6.45) is 0.873. The molecule has 1 N–H and O–H groups in total. The van der Waals surface area contributed by atoms with Gasteiger partial charge in [0.1, 0.15) is 11.0 Å². The highest BCUT2D eigenvalue weighted by Gasteiger charge is 2.80. The first-order valence-electron chi connectivity index (χ1n) is 12.2. The van der Waals surface area contributed by atoms with Gasteiger partial charge in [0.25, 0.3) is 0 Å². The molecule has 7 heteroatoms. The van der Waals surface area contributed by atoms with Crippen molar-refractivity contribution in [1.29, 1.82) is 0 Å². The van der Waals surface area contributed by atoms with Crippen LogP contribution < -0.4 is 0 Å². The first-order chi connectivity index (χ1) is 17.3. The Morgan fingerprint density at radius 3 is 2.22 bits per heavy atom. The predicted octanol–water partition coefficient (Wildman–Crippen LogP) is 3.07. The van der Waals surface area contributed by atoms with Crippen LogP contribution in [0.5, 0.6) is 0 Å². The third kappa shape index (κ3) is 2.07. The van der Waals surface area contributed by atoms with Crippen LogP contribution in [0.2, 0.25) is 0 Å². The van der Waals surface area contributed by atoms with E-state index in [-0.39, 0.29) is 23.3 Å². The van der Waals surface area contributed by atoms with Crippen molar-refractivity contribution < 1.29 is 29.0 Å². The SMILES string of the molecule is COC(=O)C1(C2(O)C(=O)c3ccccc3C2=O)CC2(C(=O)c3cccc4cccc2c34)N2CCCC21. The van der Waals surface area contributed by atoms with Crippen molar-refractivity contribution in [3.05, 3.63) is 82.9 Å². The van der Waals surface area contributed by atoms with Crippen molar-refractivity contribution in [3.8, 4) is 0 Å². The molecular formula is C29H23NO6. The molecule has 180 valence electrons. The summed E-state index contributed by atoms with van der Waals surface area (Å²) in [5.41, 5.74) is -4.45. The maximum Gasteiger partial charge on any atom is 0.317 e. The van der Waals surface area contributed by atoms with Crippen LogP contribution in [0, 0.1) is 5.41 Å². The van der Waals surface area contributed by atoms with Crippen molar-refractivity contribution in [3.63, 3.8) is 0 Å². The zero-order chi connectivity index (χ0) is 25.0. The number of ether oxygens (including phenoxy) is 1. The maximum absolute atomic E-state index is 14.3. The lowest BCUT2D eigenvalue weighted by molar-refractivity contribution is -0.165. The van der Waals surface area contributed by atoms with Gasteiger partial charge in [-0.3, -0.25) is 24.1 Å². The minimum absolute atomic E-state index is 0.0851. The number of benzene rings is 3. The monoisotopic (exact) mass is 481 g/mol. The van der Waals surface area contributed by atoms with Gasteiger partial charge in [-0.25, -0.2) is 0 Å². The summed E-state index contributed by atoms with van der Waals surface area (Å²) in [7, 11) is 1.20. The fraction of sp³-hybridized carbons (Fsp3) is 0.310. The predicted molar refractivity (Wildman–Crippen MR) is 129 cm³/mol. The van der Waals surface area contributed by atoms with Crippen molar-refractivity contribution in [1.82, 2.24) is 4.90 Å². The lowest BCUT2D eigenvalue weighted by Gasteiger charge is -2.41. The second-order valence-electron chi connectivity index (χ2n) is 10.3. The van der Waals surface area contributed by atoms with Crippen molar-refractivity contribution in [2.24, 2.45) is 5.41 Å². The normalized spacial score (nSPS) is 29.8. The third-order valence-corrected chi connectivity index (χ3v) is 9.09. The molecule has 0 saturated carbocycles. The Morgan fingerprint density at radius 2 is 1.56 bits per heavy atom. The summed E-state index contributed by atoms with van der Waals surface area (Å²) in [6.45, 7) is 0.491. The van der Waals surface area contributed by atoms with E-state index in [0.29, 0.717) is 24.9 Å². The molecule has 2 aliphatic heterocycles. The number of Topliss-reactive ketones (excluding diaryl/α,β-unsaturated/α-hetero) is 3. The number of fused-ring (bicyclic) bond motifs is 4. The lowest BCUT2D eigenvalue weighted by atomic mass is 9.61. The first-order valence-corrected chi connectivity index (χ1v) is 12.2. The number of carbonyl (C=O) groups is 4. The van der Waals surface area contributed by atoms with Crippen LogP contribution >= 0.6 is 0 Å². The second kappa shape index (κ2) is 6.75. The Morgan fingerprint density at radius 1 is 0.917 bits per heavy atom. The molecule has 7 rings (SSSR count). The van der Waals surface area contributed by atoms with Gasteiger partial charge in [-0.1, -0.05) is 60.7 Å². The minimum atomic E-state index is -2.68. The van der Waals surface area contributed by atoms with Crippen LogP contribution in [0.1, 0.15) is 55.9 Å².